The first-order valence-corrected chi connectivity index (χ1v) is 5.71. The van der Waals surface area contributed by atoms with Crippen LogP contribution in [0.3, 0.4) is 0 Å². The molecule has 7 heteroatoms. The lowest BCUT2D eigenvalue weighted by Crippen LogP contribution is -2.15. The molecule has 104 valence electrons. The highest BCUT2D eigenvalue weighted by molar-refractivity contribution is 5.67. The van der Waals surface area contributed by atoms with Crippen molar-refractivity contribution in [3.8, 4) is 0 Å². The van der Waals surface area contributed by atoms with Crippen molar-refractivity contribution in [2.45, 2.75) is 20.3 Å². The Bertz CT molecular complexity index is 505. The summed E-state index contributed by atoms with van der Waals surface area (Å²) in [5, 5.41) is 22.2. The molecule has 0 aliphatic rings. The number of aryl methyl sites for hydroxylation is 1. The molecule has 0 radical (unpaired) electrons. The van der Waals surface area contributed by atoms with E-state index in [9.17, 15) is 19.3 Å². The van der Waals surface area contributed by atoms with E-state index in [1.54, 1.807) is 6.92 Å². The van der Waals surface area contributed by atoms with Crippen molar-refractivity contribution in [2.24, 2.45) is 5.92 Å². The van der Waals surface area contributed by atoms with E-state index in [0.717, 1.165) is 6.07 Å². The monoisotopic (exact) mass is 270 g/mol. The molecule has 1 aromatic rings. The van der Waals surface area contributed by atoms with Gasteiger partial charge in [-0.25, -0.2) is 4.39 Å². The second-order valence-electron chi connectivity index (χ2n) is 4.46. The summed E-state index contributed by atoms with van der Waals surface area (Å²) < 4.78 is 13.3. The van der Waals surface area contributed by atoms with Crippen molar-refractivity contribution >= 4 is 17.3 Å². The standard InChI is InChI=1S/C12H15FN2O4/c1-7(3-12(16)17)6-14-10-4-8(2)9(13)5-11(10)15(18)19/h4-5,7,14H,3,6H2,1-2H3,(H,16,17). The average Bonchev–Trinajstić information content (AvgIpc) is 2.29. The molecule has 1 aromatic carbocycles. The highest BCUT2D eigenvalue weighted by Crippen LogP contribution is 2.27. The molecule has 0 saturated carbocycles. The van der Waals surface area contributed by atoms with Crippen LogP contribution < -0.4 is 5.32 Å². The van der Waals surface area contributed by atoms with Gasteiger partial charge in [0.2, 0.25) is 0 Å². The minimum Gasteiger partial charge on any atom is -0.481 e. The first kappa shape index (κ1) is 14.9. The molecule has 0 fully saturated rings. The average molecular weight is 270 g/mol. The van der Waals surface area contributed by atoms with Crippen LogP contribution in [0, 0.1) is 28.8 Å². The van der Waals surface area contributed by atoms with Gasteiger partial charge in [0.15, 0.2) is 0 Å². The maximum atomic E-state index is 13.3. The molecule has 1 unspecified atom stereocenters. The molecule has 0 amide bonds. The first-order valence-electron chi connectivity index (χ1n) is 5.71. The maximum absolute atomic E-state index is 13.3. The van der Waals surface area contributed by atoms with Crippen molar-refractivity contribution < 1.29 is 19.2 Å². The first-order chi connectivity index (χ1) is 8.81. The van der Waals surface area contributed by atoms with Gasteiger partial charge in [0.25, 0.3) is 5.69 Å². The fourth-order valence-corrected chi connectivity index (χ4v) is 1.62. The number of hydrogen-bond donors (Lipinski definition) is 2. The van der Waals surface area contributed by atoms with E-state index in [1.165, 1.54) is 13.0 Å². The molecular formula is C12H15FN2O4. The molecule has 0 heterocycles. The lowest BCUT2D eigenvalue weighted by Gasteiger charge is -2.12. The summed E-state index contributed by atoms with van der Waals surface area (Å²) in [6, 6.07) is 2.21. The largest absolute Gasteiger partial charge is 0.481 e. The lowest BCUT2D eigenvalue weighted by atomic mass is 10.1. The summed E-state index contributed by atoms with van der Waals surface area (Å²) in [6.45, 7) is 3.48. The molecule has 0 aliphatic heterocycles. The van der Waals surface area contributed by atoms with Crippen molar-refractivity contribution in [1.82, 2.24) is 0 Å². The van der Waals surface area contributed by atoms with Gasteiger partial charge in [0.1, 0.15) is 11.5 Å². The molecule has 6 nitrogen and oxygen atoms in total. The quantitative estimate of drug-likeness (QED) is 0.612. The van der Waals surface area contributed by atoms with Crippen LogP contribution in [0.5, 0.6) is 0 Å². The number of aliphatic carboxylic acids is 1. The zero-order chi connectivity index (χ0) is 14.6. The van der Waals surface area contributed by atoms with Crippen LogP contribution in [-0.4, -0.2) is 22.5 Å². The van der Waals surface area contributed by atoms with Crippen LogP contribution in [0.1, 0.15) is 18.9 Å². The number of halogens is 1. The summed E-state index contributed by atoms with van der Waals surface area (Å²) in [7, 11) is 0. The molecule has 0 bridgehead atoms. The van der Waals surface area contributed by atoms with Gasteiger partial charge in [-0.1, -0.05) is 6.92 Å². The number of carboxylic acids is 1. The number of hydrogen-bond acceptors (Lipinski definition) is 4. The zero-order valence-electron chi connectivity index (χ0n) is 10.6. The number of carbonyl (C=O) groups is 1. The molecule has 1 atom stereocenters. The zero-order valence-corrected chi connectivity index (χ0v) is 10.6. The minimum absolute atomic E-state index is 0.0407. The van der Waals surface area contributed by atoms with Crippen LogP contribution in [0.4, 0.5) is 15.8 Å². The van der Waals surface area contributed by atoms with Gasteiger partial charge in [-0.3, -0.25) is 14.9 Å². The van der Waals surface area contributed by atoms with Crippen LogP contribution in [0.15, 0.2) is 12.1 Å². The minimum atomic E-state index is -0.931. The molecule has 19 heavy (non-hydrogen) atoms. The highest BCUT2D eigenvalue weighted by atomic mass is 19.1. The van der Waals surface area contributed by atoms with Gasteiger partial charge in [0.05, 0.1) is 11.0 Å². The lowest BCUT2D eigenvalue weighted by molar-refractivity contribution is -0.384. The summed E-state index contributed by atoms with van der Waals surface area (Å²) in [5.74, 6) is -1.77. The van der Waals surface area contributed by atoms with E-state index in [0.29, 0.717) is 5.56 Å². The fourth-order valence-electron chi connectivity index (χ4n) is 1.62. The molecule has 2 N–H and O–H groups in total. The number of benzene rings is 1. The summed E-state index contributed by atoms with van der Waals surface area (Å²) in [6.07, 6.45) is -0.0407. The second kappa shape index (κ2) is 6.12. The number of nitro groups is 1. The number of nitro benzene ring substituents is 1. The summed E-state index contributed by atoms with van der Waals surface area (Å²) in [4.78, 5) is 20.6. The fraction of sp³-hybridized carbons (Fsp3) is 0.417. The van der Waals surface area contributed by atoms with Crippen molar-refractivity contribution in [2.75, 3.05) is 11.9 Å². The number of nitrogens with one attached hydrogen (secondary N) is 1. The van der Waals surface area contributed by atoms with Crippen molar-refractivity contribution in [1.29, 1.82) is 0 Å². The Balaban J connectivity index is 2.85. The van der Waals surface area contributed by atoms with E-state index in [-0.39, 0.29) is 30.3 Å². The topological polar surface area (TPSA) is 92.5 Å². The molecular weight excluding hydrogens is 255 g/mol. The predicted octanol–water partition coefficient (Wildman–Crippen LogP) is 2.57. The van der Waals surface area contributed by atoms with E-state index in [4.69, 9.17) is 5.11 Å². The van der Waals surface area contributed by atoms with Crippen LogP contribution in [-0.2, 0) is 4.79 Å². The maximum Gasteiger partial charge on any atom is 0.303 e. The Morgan fingerprint density at radius 3 is 2.74 bits per heavy atom. The molecule has 0 aromatic heterocycles. The van der Waals surface area contributed by atoms with Gasteiger partial charge in [0, 0.05) is 13.0 Å². The van der Waals surface area contributed by atoms with Gasteiger partial charge in [-0.15, -0.1) is 0 Å². The van der Waals surface area contributed by atoms with E-state index < -0.39 is 16.7 Å². The summed E-state index contributed by atoms with van der Waals surface area (Å²) in [5.41, 5.74) is 0.130. The third-order valence-corrected chi connectivity index (χ3v) is 2.64. The normalized spacial score (nSPS) is 11.9. The van der Waals surface area contributed by atoms with Crippen LogP contribution >= 0.6 is 0 Å². The molecule has 0 aliphatic carbocycles. The molecule has 0 saturated heterocycles. The van der Waals surface area contributed by atoms with Crippen LogP contribution in [0.2, 0.25) is 0 Å². The number of nitrogens with zero attached hydrogens (tertiary/aromatic N) is 1. The van der Waals surface area contributed by atoms with Gasteiger partial charge < -0.3 is 10.4 Å². The number of rotatable bonds is 6. The van der Waals surface area contributed by atoms with E-state index >= 15 is 0 Å². The second-order valence-corrected chi connectivity index (χ2v) is 4.46. The van der Waals surface area contributed by atoms with Crippen molar-refractivity contribution in [3.05, 3.63) is 33.6 Å². The Morgan fingerprint density at radius 2 is 2.21 bits per heavy atom. The van der Waals surface area contributed by atoms with Gasteiger partial charge in [-0.2, -0.15) is 0 Å². The Hall–Kier alpha value is -2.18. The SMILES string of the molecule is Cc1cc(NCC(C)CC(=O)O)c([N+](=O)[O-])cc1F. The van der Waals surface area contributed by atoms with Gasteiger partial charge >= 0.3 is 5.97 Å². The van der Waals surface area contributed by atoms with Gasteiger partial charge in [-0.05, 0) is 24.5 Å². The Morgan fingerprint density at radius 1 is 1.58 bits per heavy atom. The third kappa shape index (κ3) is 4.20. The summed E-state index contributed by atoms with van der Waals surface area (Å²) >= 11 is 0. The smallest absolute Gasteiger partial charge is 0.303 e. The van der Waals surface area contributed by atoms with Crippen molar-refractivity contribution in [3.63, 3.8) is 0 Å². The van der Waals surface area contributed by atoms with Crippen LogP contribution in [0.25, 0.3) is 0 Å². The molecule has 1 rings (SSSR count). The predicted molar refractivity (Wildman–Crippen MR) is 67.7 cm³/mol. The Labute approximate surface area is 109 Å². The number of carboxylic acid groups (broad SMARTS) is 1. The third-order valence-electron chi connectivity index (χ3n) is 2.64. The molecule has 0 spiro atoms. The highest BCUT2D eigenvalue weighted by Gasteiger charge is 2.17. The number of anilines is 1. The van der Waals surface area contributed by atoms with E-state index in [2.05, 4.69) is 5.32 Å². The Kier molecular flexibility index (Phi) is 4.80. The van der Waals surface area contributed by atoms with E-state index in [1.807, 2.05) is 0 Å².